The summed E-state index contributed by atoms with van der Waals surface area (Å²) in [6, 6.07) is 5.67. The van der Waals surface area contributed by atoms with E-state index in [0.717, 1.165) is 5.56 Å². The van der Waals surface area contributed by atoms with Gasteiger partial charge in [-0.05, 0) is 25.2 Å². The highest BCUT2D eigenvalue weighted by molar-refractivity contribution is 7.89. The number of nitrogens with one attached hydrogen (secondary N) is 2. The zero-order chi connectivity index (χ0) is 19.4. The first kappa shape index (κ1) is 22.3. The van der Waals surface area contributed by atoms with Crippen LogP contribution in [-0.2, 0) is 26.6 Å². The number of aryl methyl sites for hydroxylation is 1. The molecule has 9 nitrogen and oxygen atoms in total. The summed E-state index contributed by atoms with van der Waals surface area (Å²) in [5.41, 5.74) is 1.13. The topological polar surface area (TPSA) is 106 Å². The number of amides is 1. The summed E-state index contributed by atoms with van der Waals surface area (Å²) in [4.78, 5) is 12.8. The molecule has 1 fully saturated rings. The number of halogens is 1. The smallest absolute Gasteiger partial charge is 0.246 e. The van der Waals surface area contributed by atoms with Crippen LogP contribution in [0.3, 0.4) is 0 Å². The fraction of sp³-hybridized carbons (Fsp3) is 0.412. The van der Waals surface area contributed by atoms with E-state index < -0.39 is 16.1 Å². The van der Waals surface area contributed by atoms with Crippen LogP contribution >= 0.6 is 12.4 Å². The summed E-state index contributed by atoms with van der Waals surface area (Å²) in [5.74, 6) is -0.300. The van der Waals surface area contributed by atoms with Gasteiger partial charge in [-0.25, -0.2) is 8.42 Å². The van der Waals surface area contributed by atoms with Crippen molar-refractivity contribution in [3.63, 3.8) is 0 Å². The van der Waals surface area contributed by atoms with E-state index in [0.29, 0.717) is 32.0 Å². The van der Waals surface area contributed by atoms with Crippen molar-refractivity contribution in [3.05, 3.63) is 42.2 Å². The summed E-state index contributed by atoms with van der Waals surface area (Å²) >= 11 is 0. The Hall–Kier alpha value is -1.98. The van der Waals surface area contributed by atoms with Gasteiger partial charge in [-0.2, -0.15) is 9.40 Å². The third-order valence-electron chi connectivity index (χ3n) is 4.32. The van der Waals surface area contributed by atoms with Crippen LogP contribution in [-0.4, -0.2) is 61.8 Å². The van der Waals surface area contributed by atoms with Crippen LogP contribution in [0.25, 0.3) is 0 Å². The minimum absolute atomic E-state index is 0. The SMILES string of the molecule is CNC(C(=O)Nc1cccc(S(=O)(=O)N2CCOCC2)c1)c1cnn(C)c1.Cl. The summed E-state index contributed by atoms with van der Waals surface area (Å²) < 4.78 is 33.8. The molecule has 0 bridgehead atoms. The van der Waals surface area contributed by atoms with Crippen LogP contribution in [0, 0.1) is 0 Å². The first-order valence-corrected chi connectivity index (χ1v) is 10.0. The number of aromatic nitrogens is 2. The lowest BCUT2D eigenvalue weighted by Gasteiger charge is -2.26. The molecular formula is C17H24ClN5O4S. The molecule has 2 aromatic rings. The molecule has 1 unspecified atom stereocenters. The maximum atomic E-state index is 12.8. The fourth-order valence-electron chi connectivity index (χ4n) is 2.92. The van der Waals surface area contributed by atoms with Gasteiger partial charge < -0.3 is 15.4 Å². The van der Waals surface area contributed by atoms with E-state index in [1.54, 1.807) is 43.3 Å². The van der Waals surface area contributed by atoms with Crippen molar-refractivity contribution >= 4 is 34.0 Å². The van der Waals surface area contributed by atoms with Crippen LogP contribution in [0.4, 0.5) is 5.69 Å². The molecule has 1 atom stereocenters. The van der Waals surface area contributed by atoms with Crippen LogP contribution in [0.5, 0.6) is 0 Å². The Balaban J connectivity index is 0.00000280. The van der Waals surface area contributed by atoms with Crippen molar-refractivity contribution in [3.8, 4) is 0 Å². The lowest BCUT2D eigenvalue weighted by molar-refractivity contribution is -0.118. The fourth-order valence-corrected chi connectivity index (χ4v) is 4.38. The van der Waals surface area contributed by atoms with E-state index in [4.69, 9.17) is 4.74 Å². The molecule has 3 rings (SSSR count). The van der Waals surface area contributed by atoms with E-state index in [9.17, 15) is 13.2 Å². The van der Waals surface area contributed by atoms with Gasteiger partial charge in [-0.1, -0.05) is 6.07 Å². The highest BCUT2D eigenvalue weighted by Crippen LogP contribution is 2.22. The Morgan fingerprint density at radius 2 is 2.00 bits per heavy atom. The first-order valence-electron chi connectivity index (χ1n) is 8.56. The lowest BCUT2D eigenvalue weighted by atomic mass is 10.1. The predicted octanol–water partition coefficient (Wildman–Crippen LogP) is 0.762. The second-order valence-electron chi connectivity index (χ2n) is 6.20. The Labute approximate surface area is 170 Å². The average molecular weight is 430 g/mol. The molecular weight excluding hydrogens is 406 g/mol. The van der Waals surface area contributed by atoms with Crippen LogP contribution in [0.15, 0.2) is 41.6 Å². The second-order valence-corrected chi connectivity index (χ2v) is 8.14. The number of likely N-dealkylation sites (N-methyl/N-ethyl adjacent to an activating group) is 1. The van der Waals surface area contributed by atoms with Crippen molar-refractivity contribution in [2.45, 2.75) is 10.9 Å². The van der Waals surface area contributed by atoms with Crippen LogP contribution < -0.4 is 10.6 Å². The number of morpholine rings is 1. The number of benzene rings is 1. The number of carbonyl (C=O) groups is 1. The average Bonchev–Trinajstić information content (AvgIpc) is 3.09. The zero-order valence-electron chi connectivity index (χ0n) is 15.7. The van der Waals surface area contributed by atoms with Crippen molar-refractivity contribution in [1.29, 1.82) is 0 Å². The van der Waals surface area contributed by atoms with Crippen molar-refractivity contribution in [2.75, 3.05) is 38.7 Å². The van der Waals surface area contributed by atoms with Gasteiger partial charge in [-0.3, -0.25) is 9.48 Å². The van der Waals surface area contributed by atoms with Gasteiger partial charge in [-0.15, -0.1) is 12.4 Å². The summed E-state index contributed by atoms with van der Waals surface area (Å²) in [6.07, 6.45) is 3.36. The van der Waals surface area contributed by atoms with Crippen molar-refractivity contribution in [2.24, 2.45) is 7.05 Å². The molecule has 11 heteroatoms. The van der Waals surface area contributed by atoms with E-state index in [1.165, 1.54) is 16.4 Å². The van der Waals surface area contributed by atoms with E-state index >= 15 is 0 Å². The molecule has 0 spiro atoms. The van der Waals surface area contributed by atoms with Gasteiger partial charge in [0.1, 0.15) is 6.04 Å². The Kier molecular flexibility index (Phi) is 7.55. The largest absolute Gasteiger partial charge is 0.379 e. The number of rotatable bonds is 6. The maximum absolute atomic E-state index is 12.8. The predicted molar refractivity (Wildman–Crippen MR) is 107 cm³/mol. The Bertz CT molecular complexity index is 912. The standard InChI is InChI=1S/C17H23N5O4S.ClH/c1-18-16(13-11-19-21(2)12-13)17(23)20-14-4-3-5-15(10-14)27(24,25)22-6-8-26-9-7-22;/h3-5,10-12,16,18H,6-9H2,1-2H3,(H,20,23);1H. The second kappa shape index (κ2) is 9.48. The molecule has 154 valence electrons. The minimum atomic E-state index is -3.62. The molecule has 0 radical (unpaired) electrons. The van der Waals surface area contributed by atoms with Gasteiger partial charge >= 0.3 is 0 Å². The number of anilines is 1. The van der Waals surface area contributed by atoms with Crippen molar-refractivity contribution in [1.82, 2.24) is 19.4 Å². The Morgan fingerprint density at radius 1 is 1.29 bits per heavy atom. The molecule has 1 aromatic heterocycles. The number of hydrogen-bond donors (Lipinski definition) is 2. The van der Waals surface area contributed by atoms with Gasteiger partial charge in [0.25, 0.3) is 0 Å². The number of ether oxygens (including phenoxy) is 1. The summed E-state index contributed by atoms with van der Waals surface area (Å²) in [5, 5.41) is 9.79. The number of hydrogen-bond acceptors (Lipinski definition) is 6. The molecule has 1 aliphatic heterocycles. The monoisotopic (exact) mass is 429 g/mol. The molecule has 1 aromatic carbocycles. The molecule has 0 aliphatic carbocycles. The van der Waals surface area contributed by atoms with E-state index in [2.05, 4.69) is 15.7 Å². The van der Waals surface area contributed by atoms with Gasteiger partial charge in [0, 0.05) is 37.6 Å². The highest BCUT2D eigenvalue weighted by Gasteiger charge is 2.27. The van der Waals surface area contributed by atoms with Gasteiger partial charge in [0.15, 0.2) is 0 Å². The van der Waals surface area contributed by atoms with E-state index in [-0.39, 0.29) is 23.2 Å². The minimum Gasteiger partial charge on any atom is -0.379 e. The summed E-state index contributed by atoms with van der Waals surface area (Å²) in [7, 11) is -0.173. The summed E-state index contributed by atoms with van der Waals surface area (Å²) in [6.45, 7) is 1.40. The molecule has 1 amide bonds. The third kappa shape index (κ3) is 4.89. The van der Waals surface area contributed by atoms with Crippen molar-refractivity contribution < 1.29 is 17.9 Å². The molecule has 2 N–H and O–H groups in total. The first-order chi connectivity index (χ1) is 12.9. The molecule has 0 saturated carbocycles. The normalized spacial score (nSPS) is 16.2. The molecule has 1 saturated heterocycles. The quantitative estimate of drug-likeness (QED) is 0.702. The number of nitrogens with zero attached hydrogens (tertiary/aromatic N) is 3. The van der Waals surface area contributed by atoms with E-state index in [1.807, 2.05) is 0 Å². The molecule has 1 aliphatic rings. The zero-order valence-corrected chi connectivity index (χ0v) is 17.3. The van der Waals surface area contributed by atoms with Crippen LogP contribution in [0.1, 0.15) is 11.6 Å². The van der Waals surface area contributed by atoms with Gasteiger partial charge in [0.05, 0.1) is 24.3 Å². The number of carbonyl (C=O) groups excluding carboxylic acids is 1. The molecule has 28 heavy (non-hydrogen) atoms. The molecule has 2 heterocycles. The van der Waals surface area contributed by atoms with Crippen LogP contribution in [0.2, 0.25) is 0 Å². The maximum Gasteiger partial charge on any atom is 0.246 e. The van der Waals surface area contributed by atoms with Gasteiger partial charge in [0.2, 0.25) is 15.9 Å². The number of sulfonamides is 1. The highest BCUT2D eigenvalue weighted by atomic mass is 35.5. The lowest BCUT2D eigenvalue weighted by Crippen LogP contribution is -2.40. The Morgan fingerprint density at radius 3 is 2.61 bits per heavy atom. The third-order valence-corrected chi connectivity index (χ3v) is 6.21.